The van der Waals surface area contributed by atoms with Gasteiger partial charge in [-0.1, -0.05) is 6.07 Å². The van der Waals surface area contributed by atoms with Crippen LogP contribution in [-0.4, -0.2) is 66.7 Å². The summed E-state index contributed by atoms with van der Waals surface area (Å²) in [5.41, 5.74) is 2.27. The minimum atomic E-state index is -1.15. The van der Waals surface area contributed by atoms with Crippen LogP contribution in [0.2, 0.25) is 0 Å². The van der Waals surface area contributed by atoms with Crippen LogP contribution in [0.3, 0.4) is 0 Å². The summed E-state index contributed by atoms with van der Waals surface area (Å²) in [7, 11) is 1.42. The summed E-state index contributed by atoms with van der Waals surface area (Å²) in [4.78, 5) is 21.4. The largest absolute Gasteiger partial charge is 0.384 e. The van der Waals surface area contributed by atoms with Crippen LogP contribution in [0, 0.1) is 11.6 Å². The van der Waals surface area contributed by atoms with E-state index in [0.717, 1.165) is 23.6 Å². The Morgan fingerprint density at radius 1 is 1.12 bits per heavy atom. The number of aliphatic hydroxyl groups is 1. The molecular formula is C30H30F2N8O3. The Bertz CT molecular complexity index is 1800. The maximum atomic E-state index is 15.0. The van der Waals surface area contributed by atoms with Crippen molar-refractivity contribution in [1.29, 1.82) is 0 Å². The van der Waals surface area contributed by atoms with Crippen LogP contribution < -0.4 is 10.6 Å². The van der Waals surface area contributed by atoms with Crippen LogP contribution in [0.1, 0.15) is 41.9 Å². The van der Waals surface area contributed by atoms with E-state index in [-0.39, 0.29) is 28.4 Å². The number of hydrogen-bond acceptors (Lipinski definition) is 8. The van der Waals surface area contributed by atoms with Gasteiger partial charge >= 0.3 is 0 Å². The Morgan fingerprint density at radius 3 is 2.65 bits per heavy atom. The lowest BCUT2D eigenvalue weighted by Crippen LogP contribution is -2.20. The lowest BCUT2D eigenvalue weighted by Gasteiger charge is -2.16. The van der Waals surface area contributed by atoms with Crippen LogP contribution >= 0.6 is 0 Å². The molecule has 1 atom stereocenters. The van der Waals surface area contributed by atoms with Crippen molar-refractivity contribution in [2.24, 2.45) is 0 Å². The van der Waals surface area contributed by atoms with Gasteiger partial charge in [0.2, 0.25) is 0 Å². The first kappa shape index (κ1) is 28.4. The molecule has 6 rings (SSSR count). The van der Waals surface area contributed by atoms with Gasteiger partial charge in [0.05, 0.1) is 37.3 Å². The van der Waals surface area contributed by atoms with E-state index in [0.29, 0.717) is 36.8 Å². The molecule has 1 amide bonds. The summed E-state index contributed by atoms with van der Waals surface area (Å²) >= 11 is 0. The van der Waals surface area contributed by atoms with Gasteiger partial charge in [0.1, 0.15) is 11.4 Å². The van der Waals surface area contributed by atoms with Crippen LogP contribution in [0.25, 0.3) is 27.9 Å². The van der Waals surface area contributed by atoms with Crippen molar-refractivity contribution in [1.82, 2.24) is 34.7 Å². The first-order valence-corrected chi connectivity index (χ1v) is 13.8. The highest BCUT2D eigenvalue weighted by atomic mass is 19.2. The van der Waals surface area contributed by atoms with E-state index < -0.39 is 23.1 Å². The Balaban J connectivity index is 1.39. The number of pyridine rings is 1. The maximum Gasteiger partial charge on any atom is 0.251 e. The number of carbonyl (C=O) groups is 1. The molecule has 5 heterocycles. The molecule has 11 nitrogen and oxygen atoms in total. The number of benzene rings is 1. The number of ether oxygens (including phenoxy) is 1. The van der Waals surface area contributed by atoms with Gasteiger partial charge in [0.25, 0.3) is 5.91 Å². The zero-order chi connectivity index (χ0) is 30.3. The molecule has 0 aliphatic carbocycles. The first-order chi connectivity index (χ1) is 20.6. The van der Waals surface area contributed by atoms with E-state index in [4.69, 9.17) is 9.72 Å². The number of rotatable bonds is 8. The molecule has 3 N–H and O–H groups in total. The van der Waals surface area contributed by atoms with Crippen LogP contribution in [0.4, 0.5) is 14.6 Å². The van der Waals surface area contributed by atoms with Gasteiger partial charge in [0.15, 0.2) is 17.3 Å². The molecule has 0 spiro atoms. The summed E-state index contributed by atoms with van der Waals surface area (Å²) in [6.07, 6.45) is 9.22. The smallest absolute Gasteiger partial charge is 0.251 e. The first-order valence-electron chi connectivity index (χ1n) is 13.8. The molecule has 1 aromatic carbocycles. The number of carbonyl (C=O) groups excluding carboxylic acids is 1. The van der Waals surface area contributed by atoms with Crippen LogP contribution in [0.5, 0.6) is 0 Å². The van der Waals surface area contributed by atoms with Gasteiger partial charge in [-0.05, 0) is 44.0 Å². The molecule has 1 saturated heterocycles. The third-order valence-corrected chi connectivity index (χ3v) is 7.31. The number of nitrogens with zero attached hydrogens (tertiary/aromatic N) is 6. The Hall–Kier alpha value is -4.75. The molecule has 13 heteroatoms. The van der Waals surface area contributed by atoms with Crippen LogP contribution in [-0.2, 0) is 16.9 Å². The normalized spacial score (nSPS) is 15.3. The molecule has 0 unspecified atom stereocenters. The van der Waals surface area contributed by atoms with Gasteiger partial charge in [-0.3, -0.25) is 14.5 Å². The highest BCUT2D eigenvalue weighted by molar-refractivity contribution is 5.96. The van der Waals surface area contributed by atoms with E-state index in [9.17, 15) is 14.3 Å². The Labute approximate surface area is 245 Å². The van der Waals surface area contributed by atoms with Crippen molar-refractivity contribution in [2.45, 2.75) is 38.5 Å². The summed E-state index contributed by atoms with van der Waals surface area (Å²) in [5, 5.41) is 24.9. The standard InChI is InChI=1S/C30H30F2N8O3/c1-30(2,42)25-5-4-17(10-34-25)13-39-14-19(11-35-39)23-15-40-28(38-27(23)37-20-6-7-43-16-20)22(12-36-40)21-8-18(29(41)33-3)9-24(31)26(21)32/h4-5,8-12,14-15,20,42H,6-7,13,16H2,1-3H3,(H,33,41)(H,37,38)/t20-/m0/s1. The summed E-state index contributed by atoms with van der Waals surface area (Å²) in [6.45, 7) is 4.93. The lowest BCUT2D eigenvalue weighted by atomic mass is 10.0. The molecule has 0 radical (unpaired) electrons. The molecule has 222 valence electrons. The third kappa shape index (κ3) is 5.68. The molecule has 1 fully saturated rings. The number of nitrogens with one attached hydrogen (secondary N) is 2. The Kier molecular flexibility index (Phi) is 7.36. The Morgan fingerprint density at radius 2 is 1.95 bits per heavy atom. The van der Waals surface area contributed by atoms with Gasteiger partial charge < -0.3 is 20.5 Å². The molecule has 0 saturated carbocycles. The quantitative estimate of drug-likeness (QED) is 0.250. The van der Waals surface area contributed by atoms with E-state index in [1.54, 1.807) is 43.2 Å². The minimum Gasteiger partial charge on any atom is -0.384 e. The summed E-state index contributed by atoms with van der Waals surface area (Å²) < 4.78 is 38.4. The highest BCUT2D eigenvalue weighted by Crippen LogP contribution is 2.33. The molecule has 4 aromatic heterocycles. The molecule has 43 heavy (non-hydrogen) atoms. The predicted molar refractivity (Wildman–Crippen MR) is 154 cm³/mol. The van der Waals surface area contributed by atoms with Crippen LogP contribution in [0.15, 0.2) is 55.2 Å². The van der Waals surface area contributed by atoms with Crippen molar-refractivity contribution in [3.8, 4) is 22.3 Å². The SMILES string of the molecule is CNC(=O)c1cc(F)c(F)c(-c2cnn3cc(-c4cnn(Cc5ccc(C(C)(C)O)nc5)c4)c(N[C@H]4CCOC4)nc23)c1. The number of amides is 1. The van der Waals surface area contributed by atoms with E-state index >= 15 is 4.39 Å². The van der Waals surface area contributed by atoms with E-state index in [1.807, 2.05) is 12.3 Å². The monoisotopic (exact) mass is 588 g/mol. The van der Waals surface area contributed by atoms with E-state index in [2.05, 4.69) is 25.8 Å². The highest BCUT2D eigenvalue weighted by Gasteiger charge is 2.24. The van der Waals surface area contributed by atoms with Crippen molar-refractivity contribution in [3.63, 3.8) is 0 Å². The molecule has 1 aliphatic rings. The van der Waals surface area contributed by atoms with Crippen molar-refractivity contribution in [3.05, 3.63) is 83.7 Å². The predicted octanol–water partition coefficient (Wildman–Crippen LogP) is 3.77. The topological polar surface area (TPSA) is 131 Å². The molecule has 1 aliphatic heterocycles. The second kappa shape index (κ2) is 11.2. The van der Waals surface area contributed by atoms with Crippen molar-refractivity contribution < 1.29 is 23.4 Å². The second-order valence-electron chi connectivity index (χ2n) is 11.0. The van der Waals surface area contributed by atoms with E-state index in [1.165, 1.54) is 23.8 Å². The summed E-state index contributed by atoms with van der Waals surface area (Å²) in [5.74, 6) is -2.29. The van der Waals surface area contributed by atoms with Gasteiger partial charge in [-0.25, -0.2) is 18.3 Å². The minimum absolute atomic E-state index is 0.00115. The summed E-state index contributed by atoms with van der Waals surface area (Å²) in [6, 6.07) is 5.83. The zero-order valence-electron chi connectivity index (χ0n) is 23.8. The van der Waals surface area contributed by atoms with Crippen molar-refractivity contribution >= 4 is 17.4 Å². The number of aromatic nitrogens is 6. The number of halogens is 2. The van der Waals surface area contributed by atoms with Gasteiger partial charge in [-0.15, -0.1) is 0 Å². The average Bonchev–Trinajstić information content (AvgIpc) is 3.75. The third-order valence-electron chi connectivity index (χ3n) is 7.31. The fraction of sp³-hybridized carbons (Fsp3) is 0.300. The molecular weight excluding hydrogens is 558 g/mol. The number of hydrogen-bond donors (Lipinski definition) is 3. The lowest BCUT2D eigenvalue weighted by molar-refractivity contribution is 0.0738. The zero-order valence-corrected chi connectivity index (χ0v) is 23.8. The van der Waals surface area contributed by atoms with Gasteiger partial charge in [-0.2, -0.15) is 10.2 Å². The molecule has 0 bridgehead atoms. The molecule has 5 aromatic rings. The maximum absolute atomic E-state index is 15.0. The fourth-order valence-electron chi connectivity index (χ4n) is 4.98. The second-order valence-corrected chi connectivity index (χ2v) is 11.0. The van der Waals surface area contributed by atoms with Crippen molar-refractivity contribution in [2.75, 3.05) is 25.6 Å². The van der Waals surface area contributed by atoms with Gasteiger partial charge in [0, 0.05) is 60.1 Å². The number of fused-ring (bicyclic) bond motifs is 1. The fourth-order valence-corrected chi connectivity index (χ4v) is 4.98. The average molecular weight is 589 g/mol. The number of anilines is 1.